The van der Waals surface area contributed by atoms with Crippen molar-refractivity contribution in [1.29, 1.82) is 0 Å². The van der Waals surface area contributed by atoms with Gasteiger partial charge in [-0.05, 0) is 19.4 Å². The Labute approximate surface area is 143 Å². The molecule has 0 spiro atoms. The van der Waals surface area contributed by atoms with Gasteiger partial charge in [0.25, 0.3) is 0 Å². The van der Waals surface area contributed by atoms with Crippen LogP contribution in [0.4, 0.5) is 0 Å². The Hall–Kier alpha value is -1.44. The summed E-state index contributed by atoms with van der Waals surface area (Å²) >= 11 is 0. The molecule has 0 N–H and O–H groups in total. The summed E-state index contributed by atoms with van der Waals surface area (Å²) in [5.41, 5.74) is 1.19. The molecule has 1 aromatic heterocycles. The molecular weight excluding hydrogens is 308 g/mol. The lowest BCUT2D eigenvalue weighted by molar-refractivity contribution is -0.141. The van der Waals surface area contributed by atoms with Gasteiger partial charge in [-0.1, -0.05) is 0 Å². The highest BCUT2D eigenvalue weighted by Crippen LogP contribution is 2.21. The monoisotopic (exact) mass is 336 g/mol. The first-order valence-electron chi connectivity index (χ1n) is 8.84. The molecule has 1 atom stereocenters. The van der Waals surface area contributed by atoms with Crippen molar-refractivity contribution < 1.29 is 14.3 Å². The van der Waals surface area contributed by atoms with Crippen molar-refractivity contribution in [1.82, 2.24) is 19.4 Å². The molecule has 0 saturated carbocycles. The number of ether oxygens (including phenoxy) is 2. The van der Waals surface area contributed by atoms with E-state index in [-0.39, 0.29) is 5.92 Å². The standard InChI is InChI=1S/C17H28N4O3/c1-23-8-5-21-14-18-11-16(21)13-19-4-2-3-15(12-19)17(22)20-6-9-24-10-7-20/h11,14-15H,2-10,12-13H2,1H3/t15-/m1/s1. The molecule has 2 aliphatic heterocycles. The molecule has 7 heteroatoms. The highest BCUT2D eigenvalue weighted by Gasteiger charge is 2.30. The summed E-state index contributed by atoms with van der Waals surface area (Å²) < 4.78 is 12.6. The Morgan fingerprint density at radius 3 is 3.00 bits per heavy atom. The van der Waals surface area contributed by atoms with Gasteiger partial charge < -0.3 is 18.9 Å². The fourth-order valence-electron chi connectivity index (χ4n) is 3.54. The number of aromatic nitrogens is 2. The highest BCUT2D eigenvalue weighted by molar-refractivity contribution is 5.79. The van der Waals surface area contributed by atoms with Crippen molar-refractivity contribution in [2.75, 3.05) is 53.1 Å². The van der Waals surface area contributed by atoms with Crippen molar-refractivity contribution in [2.24, 2.45) is 5.92 Å². The second-order valence-electron chi connectivity index (χ2n) is 6.58. The maximum Gasteiger partial charge on any atom is 0.227 e. The van der Waals surface area contributed by atoms with Gasteiger partial charge in [0.1, 0.15) is 0 Å². The first-order valence-corrected chi connectivity index (χ1v) is 8.84. The molecule has 3 rings (SSSR count). The molecule has 2 aliphatic rings. The topological polar surface area (TPSA) is 59.8 Å². The number of methoxy groups -OCH3 is 1. The number of carbonyl (C=O) groups excluding carboxylic acids is 1. The van der Waals surface area contributed by atoms with E-state index in [1.165, 1.54) is 5.69 Å². The van der Waals surface area contributed by atoms with E-state index in [0.717, 1.165) is 52.1 Å². The minimum atomic E-state index is 0.118. The maximum absolute atomic E-state index is 12.7. The molecule has 0 bridgehead atoms. The second-order valence-corrected chi connectivity index (χ2v) is 6.58. The van der Waals surface area contributed by atoms with Gasteiger partial charge in [0, 0.05) is 46.0 Å². The minimum absolute atomic E-state index is 0.118. The zero-order chi connectivity index (χ0) is 16.8. The summed E-state index contributed by atoms with van der Waals surface area (Å²) in [5, 5.41) is 0. The van der Waals surface area contributed by atoms with E-state index >= 15 is 0 Å². The van der Waals surface area contributed by atoms with Crippen molar-refractivity contribution in [2.45, 2.75) is 25.9 Å². The predicted octanol–water partition coefficient (Wildman–Crippen LogP) is 0.600. The minimum Gasteiger partial charge on any atom is -0.383 e. The third kappa shape index (κ3) is 4.34. The SMILES string of the molecule is COCCn1cncc1CN1CCC[C@@H](C(=O)N2CCOCC2)C1. The molecule has 0 radical (unpaired) electrons. The van der Waals surface area contributed by atoms with Gasteiger partial charge >= 0.3 is 0 Å². The second kappa shape index (κ2) is 8.60. The number of amides is 1. The lowest BCUT2D eigenvalue weighted by Crippen LogP contribution is -2.48. The predicted molar refractivity (Wildman–Crippen MR) is 89.5 cm³/mol. The molecule has 1 aromatic rings. The van der Waals surface area contributed by atoms with Gasteiger partial charge in [-0.3, -0.25) is 9.69 Å². The first-order chi connectivity index (χ1) is 11.8. The molecule has 0 aromatic carbocycles. The van der Waals surface area contributed by atoms with E-state index in [0.29, 0.717) is 25.7 Å². The summed E-state index contributed by atoms with van der Waals surface area (Å²) in [6, 6.07) is 0. The van der Waals surface area contributed by atoms with Crippen molar-refractivity contribution in [3.8, 4) is 0 Å². The normalized spacial score (nSPS) is 22.7. The Morgan fingerprint density at radius 2 is 2.21 bits per heavy atom. The van der Waals surface area contributed by atoms with Crippen molar-refractivity contribution in [3.63, 3.8) is 0 Å². The van der Waals surface area contributed by atoms with Crippen molar-refractivity contribution in [3.05, 3.63) is 18.2 Å². The maximum atomic E-state index is 12.7. The van der Waals surface area contributed by atoms with Gasteiger partial charge in [0.05, 0.1) is 37.8 Å². The van der Waals surface area contributed by atoms with Gasteiger partial charge in [-0.25, -0.2) is 4.98 Å². The molecule has 2 fully saturated rings. The largest absolute Gasteiger partial charge is 0.383 e. The van der Waals surface area contributed by atoms with Gasteiger partial charge in [-0.2, -0.15) is 0 Å². The average Bonchev–Trinajstić information content (AvgIpc) is 3.07. The van der Waals surface area contributed by atoms with Crippen LogP contribution >= 0.6 is 0 Å². The quantitative estimate of drug-likeness (QED) is 0.761. The van der Waals surface area contributed by atoms with Crippen LogP contribution in [0.25, 0.3) is 0 Å². The van der Waals surface area contributed by atoms with Crippen LogP contribution < -0.4 is 0 Å². The summed E-state index contributed by atoms with van der Waals surface area (Å²) in [7, 11) is 1.71. The van der Waals surface area contributed by atoms with Gasteiger partial charge in [0.2, 0.25) is 5.91 Å². The van der Waals surface area contributed by atoms with Gasteiger partial charge in [-0.15, -0.1) is 0 Å². The summed E-state index contributed by atoms with van der Waals surface area (Å²) in [6.07, 6.45) is 5.85. The zero-order valence-corrected chi connectivity index (χ0v) is 14.5. The Balaban J connectivity index is 1.55. The number of piperidine rings is 1. The van der Waals surface area contributed by atoms with Gasteiger partial charge in [0.15, 0.2) is 0 Å². The molecule has 1 amide bonds. The molecule has 24 heavy (non-hydrogen) atoms. The smallest absolute Gasteiger partial charge is 0.227 e. The van der Waals surface area contributed by atoms with Crippen molar-refractivity contribution >= 4 is 5.91 Å². The third-order valence-corrected chi connectivity index (χ3v) is 4.90. The zero-order valence-electron chi connectivity index (χ0n) is 14.5. The third-order valence-electron chi connectivity index (χ3n) is 4.90. The fraction of sp³-hybridized carbons (Fsp3) is 0.765. The number of likely N-dealkylation sites (tertiary alicyclic amines) is 1. The van der Waals surface area contributed by atoms with Crippen LogP contribution in [0.15, 0.2) is 12.5 Å². The van der Waals surface area contributed by atoms with E-state index in [1.54, 1.807) is 7.11 Å². The summed E-state index contributed by atoms with van der Waals surface area (Å²) in [5.74, 6) is 0.420. The first kappa shape index (κ1) is 17.4. The number of rotatable bonds is 6. The average molecular weight is 336 g/mol. The number of carbonyl (C=O) groups is 1. The highest BCUT2D eigenvalue weighted by atomic mass is 16.5. The van der Waals surface area contributed by atoms with Crippen LogP contribution in [0.5, 0.6) is 0 Å². The molecule has 7 nitrogen and oxygen atoms in total. The van der Waals surface area contributed by atoms with Crippen LogP contribution in [0.3, 0.4) is 0 Å². The Kier molecular flexibility index (Phi) is 6.23. The molecule has 3 heterocycles. The number of hydrogen-bond acceptors (Lipinski definition) is 5. The van der Waals surface area contributed by atoms with Crippen LogP contribution in [0.2, 0.25) is 0 Å². The number of nitrogens with zero attached hydrogens (tertiary/aromatic N) is 4. The van der Waals surface area contributed by atoms with Crippen LogP contribution in [-0.4, -0.2) is 78.4 Å². The van der Waals surface area contributed by atoms with Crippen LogP contribution in [0.1, 0.15) is 18.5 Å². The Bertz CT molecular complexity index is 528. The van der Waals surface area contributed by atoms with Crippen LogP contribution in [0, 0.1) is 5.92 Å². The van der Waals surface area contributed by atoms with E-state index in [4.69, 9.17) is 9.47 Å². The fourth-order valence-corrected chi connectivity index (χ4v) is 3.54. The number of hydrogen-bond donors (Lipinski definition) is 0. The summed E-state index contributed by atoms with van der Waals surface area (Å²) in [6.45, 7) is 7.03. The summed E-state index contributed by atoms with van der Waals surface area (Å²) in [4.78, 5) is 21.3. The number of morpholine rings is 1. The van der Waals surface area contributed by atoms with Crippen LogP contribution in [-0.2, 0) is 27.4 Å². The van der Waals surface area contributed by atoms with E-state index in [9.17, 15) is 4.79 Å². The molecule has 0 unspecified atom stereocenters. The van der Waals surface area contributed by atoms with E-state index in [1.807, 2.05) is 17.4 Å². The lowest BCUT2D eigenvalue weighted by atomic mass is 9.96. The van der Waals surface area contributed by atoms with E-state index < -0.39 is 0 Å². The Morgan fingerprint density at radius 1 is 1.38 bits per heavy atom. The lowest BCUT2D eigenvalue weighted by Gasteiger charge is -2.36. The molecule has 134 valence electrons. The molecule has 2 saturated heterocycles. The molecular formula is C17H28N4O3. The van der Waals surface area contributed by atoms with E-state index in [2.05, 4.69) is 14.5 Å². The molecule has 0 aliphatic carbocycles. The number of imidazole rings is 1.